The van der Waals surface area contributed by atoms with Crippen LogP contribution in [0.1, 0.15) is 19.8 Å². The van der Waals surface area contributed by atoms with Crippen LogP contribution in [0.15, 0.2) is 53.4 Å². The molecule has 1 fully saturated rings. The summed E-state index contributed by atoms with van der Waals surface area (Å²) in [6.45, 7) is 2.41. The fraction of sp³-hybridized carbons (Fsp3) is 0.364. The van der Waals surface area contributed by atoms with Crippen molar-refractivity contribution in [3.8, 4) is 5.75 Å². The van der Waals surface area contributed by atoms with Crippen LogP contribution in [0.25, 0.3) is 0 Å². The average Bonchev–Trinajstić information content (AvgIpc) is 2.78. The molecule has 32 heavy (non-hydrogen) atoms. The predicted molar refractivity (Wildman–Crippen MR) is 122 cm³/mol. The minimum absolute atomic E-state index is 0.00781. The number of hydrogen-bond donors (Lipinski definition) is 1. The van der Waals surface area contributed by atoms with Crippen LogP contribution in [0.4, 0.5) is 5.69 Å². The number of nitrogens with zero attached hydrogens (tertiary/aromatic N) is 2. The van der Waals surface area contributed by atoms with Gasteiger partial charge in [0.05, 0.1) is 17.2 Å². The van der Waals surface area contributed by atoms with Crippen molar-refractivity contribution in [2.75, 3.05) is 30.5 Å². The predicted octanol–water partition coefficient (Wildman–Crippen LogP) is 2.66. The topological polar surface area (TPSA) is 110 Å². The summed E-state index contributed by atoms with van der Waals surface area (Å²) in [6, 6.07) is 12.4. The molecule has 0 atom stereocenters. The lowest BCUT2D eigenvalue weighted by Gasteiger charge is -2.33. The van der Waals surface area contributed by atoms with E-state index in [1.807, 2.05) is 0 Å². The van der Waals surface area contributed by atoms with Crippen molar-refractivity contribution in [1.82, 2.24) is 4.90 Å². The number of nitrogens with two attached hydrogens (primary N) is 1. The van der Waals surface area contributed by atoms with Gasteiger partial charge in [-0.05, 0) is 56.2 Å². The van der Waals surface area contributed by atoms with Crippen LogP contribution in [0.3, 0.4) is 0 Å². The fourth-order valence-electron chi connectivity index (χ4n) is 3.61. The number of hydrogen-bond acceptors (Lipinski definition) is 5. The largest absolute Gasteiger partial charge is 0.492 e. The second-order valence-corrected chi connectivity index (χ2v) is 9.72. The molecule has 1 heterocycles. The van der Waals surface area contributed by atoms with Gasteiger partial charge < -0.3 is 15.4 Å². The Morgan fingerprint density at radius 3 is 2.34 bits per heavy atom. The van der Waals surface area contributed by atoms with Gasteiger partial charge in [-0.3, -0.25) is 13.9 Å². The van der Waals surface area contributed by atoms with E-state index in [1.165, 1.54) is 24.3 Å². The molecule has 8 nitrogen and oxygen atoms in total. The number of rotatable bonds is 8. The van der Waals surface area contributed by atoms with Crippen molar-refractivity contribution in [1.29, 1.82) is 0 Å². The highest BCUT2D eigenvalue weighted by Crippen LogP contribution is 2.33. The molecule has 0 radical (unpaired) electrons. The zero-order chi connectivity index (χ0) is 23.3. The minimum atomic E-state index is -4.10. The van der Waals surface area contributed by atoms with Crippen LogP contribution in [0.2, 0.25) is 5.02 Å². The highest BCUT2D eigenvalue weighted by Gasteiger charge is 2.32. The van der Waals surface area contributed by atoms with Gasteiger partial charge in [-0.25, -0.2) is 8.42 Å². The van der Waals surface area contributed by atoms with E-state index in [9.17, 15) is 18.0 Å². The molecular formula is C22H26ClN3O5S. The van der Waals surface area contributed by atoms with Crippen LogP contribution in [0, 0.1) is 5.92 Å². The summed E-state index contributed by atoms with van der Waals surface area (Å²) in [5.74, 6) is -0.661. The number of anilines is 1. The number of carbonyl (C=O) groups excluding carboxylic acids is 2. The van der Waals surface area contributed by atoms with Gasteiger partial charge >= 0.3 is 0 Å². The van der Waals surface area contributed by atoms with Crippen molar-refractivity contribution in [3.05, 3.63) is 53.6 Å². The molecule has 0 aromatic heterocycles. The molecule has 172 valence electrons. The Bertz CT molecular complexity index is 1070. The van der Waals surface area contributed by atoms with Gasteiger partial charge in [-0.1, -0.05) is 23.7 Å². The monoisotopic (exact) mass is 479 g/mol. The van der Waals surface area contributed by atoms with E-state index in [2.05, 4.69) is 0 Å². The van der Waals surface area contributed by atoms with Crippen molar-refractivity contribution < 1.29 is 22.7 Å². The summed E-state index contributed by atoms with van der Waals surface area (Å²) >= 11 is 5.92. The third kappa shape index (κ3) is 5.34. The van der Waals surface area contributed by atoms with Gasteiger partial charge in [0, 0.05) is 24.0 Å². The molecule has 2 aromatic rings. The van der Waals surface area contributed by atoms with E-state index in [1.54, 1.807) is 36.1 Å². The Hall–Kier alpha value is -2.78. The molecule has 0 unspecified atom stereocenters. The molecule has 2 aromatic carbocycles. The lowest BCUT2D eigenvalue weighted by atomic mass is 9.96. The summed E-state index contributed by atoms with van der Waals surface area (Å²) < 4.78 is 33.8. The van der Waals surface area contributed by atoms with Crippen LogP contribution in [0.5, 0.6) is 5.75 Å². The molecule has 2 N–H and O–H groups in total. The number of amides is 2. The Balaban J connectivity index is 1.94. The van der Waals surface area contributed by atoms with Gasteiger partial charge in [0.1, 0.15) is 12.3 Å². The smallest absolute Gasteiger partial charge is 0.264 e. The van der Waals surface area contributed by atoms with E-state index in [-0.39, 0.29) is 28.3 Å². The van der Waals surface area contributed by atoms with E-state index in [0.717, 1.165) is 4.31 Å². The molecule has 1 aliphatic heterocycles. The molecule has 3 rings (SSSR count). The number of likely N-dealkylation sites (tertiary alicyclic amines) is 1. The SMILES string of the molecule is CCOc1ccccc1N(CC(=O)N1CCC(C(N)=O)CC1)S(=O)(=O)c1ccc(Cl)cc1. The number of para-hydroxylation sites is 2. The van der Waals surface area contributed by atoms with Crippen molar-refractivity contribution in [2.45, 2.75) is 24.7 Å². The summed E-state index contributed by atoms with van der Waals surface area (Å²) in [7, 11) is -4.10. The Morgan fingerprint density at radius 1 is 1.12 bits per heavy atom. The van der Waals surface area contributed by atoms with Crippen LogP contribution in [-0.2, 0) is 19.6 Å². The van der Waals surface area contributed by atoms with Gasteiger partial charge in [0.15, 0.2) is 0 Å². The maximum Gasteiger partial charge on any atom is 0.264 e. The highest BCUT2D eigenvalue weighted by atomic mass is 35.5. The zero-order valence-electron chi connectivity index (χ0n) is 17.7. The maximum absolute atomic E-state index is 13.6. The van der Waals surface area contributed by atoms with Crippen LogP contribution < -0.4 is 14.8 Å². The summed E-state index contributed by atoms with van der Waals surface area (Å²) in [5, 5.41) is 0.401. The Labute approximate surface area is 192 Å². The lowest BCUT2D eigenvalue weighted by molar-refractivity contribution is -0.133. The van der Waals surface area contributed by atoms with Gasteiger partial charge in [0.2, 0.25) is 11.8 Å². The molecule has 1 saturated heterocycles. The first kappa shape index (κ1) is 23.9. The van der Waals surface area contributed by atoms with Crippen molar-refractivity contribution in [3.63, 3.8) is 0 Å². The first-order valence-electron chi connectivity index (χ1n) is 10.3. The normalized spacial score (nSPS) is 14.8. The number of ether oxygens (including phenoxy) is 1. The lowest BCUT2D eigenvalue weighted by Crippen LogP contribution is -2.47. The van der Waals surface area contributed by atoms with Crippen molar-refractivity contribution in [2.24, 2.45) is 11.7 Å². The highest BCUT2D eigenvalue weighted by molar-refractivity contribution is 7.92. The summed E-state index contributed by atoms with van der Waals surface area (Å²) in [5.41, 5.74) is 5.64. The number of primary amides is 1. The number of halogens is 1. The van der Waals surface area contributed by atoms with E-state index >= 15 is 0 Å². The molecule has 0 spiro atoms. The van der Waals surface area contributed by atoms with E-state index in [0.29, 0.717) is 43.3 Å². The number of benzene rings is 2. The van der Waals surface area contributed by atoms with Crippen LogP contribution in [-0.4, -0.2) is 51.4 Å². The molecule has 10 heteroatoms. The Morgan fingerprint density at radius 2 is 1.75 bits per heavy atom. The van der Waals surface area contributed by atoms with E-state index in [4.69, 9.17) is 22.1 Å². The second-order valence-electron chi connectivity index (χ2n) is 7.42. The molecular weight excluding hydrogens is 454 g/mol. The number of sulfonamides is 1. The van der Waals surface area contributed by atoms with Gasteiger partial charge in [-0.15, -0.1) is 0 Å². The standard InChI is InChI=1S/C22H26ClN3O5S/c1-2-31-20-6-4-3-5-19(20)26(32(29,30)18-9-7-17(23)8-10-18)15-21(27)25-13-11-16(12-14-25)22(24)28/h3-10,16H,2,11-15H2,1H3,(H2,24,28). The van der Waals surface area contributed by atoms with Gasteiger partial charge in [0.25, 0.3) is 10.0 Å². The molecule has 2 amide bonds. The molecule has 0 saturated carbocycles. The quantitative estimate of drug-likeness (QED) is 0.625. The second kappa shape index (κ2) is 10.2. The number of carbonyl (C=O) groups is 2. The molecule has 1 aliphatic rings. The fourth-order valence-corrected chi connectivity index (χ4v) is 5.16. The third-order valence-corrected chi connectivity index (χ3v) is 7.39. The van der Waals surface area contributed by atoms with Crippen molar-refractivity contribution >= 4 is 39.1 Å². The maximum atomic E-state index is 13.6. The summed E-state index contributed by atoms with van der Waals surface area (Å²) in [6.07, 6.45) is 0.918. The van der Waals surface area contributed by atoms with E-state index < -0.39 is 16.6 Å². The Kier molecular flexibility index (Phi) is 7.63. The third-order valence-electron chi connectivity index (χ3n) is 5.36. The minimum Gasteiger partial charge on any atom is -0.492 e. The summed E-state index contributed by atoms with van der Waals surface area (Å²) in [4.78, 5) is 26.1. The van der Waals surface area contributed by atoms with Crippen LogP contribution >= 0.6 is 11.6 Å². The molecule has 0 bridgehead atoms. The first-order valence-corrected chi connectivity index (χ1v) is 12.1. The average molecular weight is 480 g/mol. The molecule has 0 aliphatic carbocycles. The first-order chi connectivity index (χ1) is 15.2. The zero-order valence-corrected chi connectivity index (χ0v) is 19.3. The number of piperidine rings is 1. The van der Waals surface area contributed by atoms with Gasteiger partial charge in [-0.2, -0.15) is 0 Å².